The minimum absolute atomic E-state index is 0.461. The highest BCUT2D eigenvalue weighted by molar-refractivity contribution is 5.87. The van der Waals surface area contributed by atoms with Gasteiger partial charge in [-0.3, -0.25) is 0 Å². The highest BCUT2D eigenvalue weighted by Crippen LogP contribution is 2.07. The second kappa shape index (κ2) is 3.96. The van der Waals surface area contributed by atoms with Crippen molar-refractivity contribution in [3.63, 3.8) is 0 Å². The maximum atomic E-state index is 10.5. The van der Waals surface area contributed by atoms with Gasteiger partial charge in [0.05, 0.1) is 13.2 Å². The van der Waals surface area contributed by atoms with Crippen LogP contribution in [0.15, 0.2) is 0 Å². The Morgan fingerprint density at radius 3 is 2.36 bits per heavy atom. The quantitative estimate of drug-likeness (QED) is 0.311. The normalized spacial score (nSPS) is 10.4. The summed E-state index contributed by atoms with van der Waals surface area (Å²) in [6.07, 6.45) is 4.70. The van der Waals surface area contributed by atoms with Gasteiger partial charge in [0.1, 0.15) is 0 Å². The molecule has 0 bridgehead atoms. The summed E-state index contributed by atoms with van der Waals surface area (Å²) in [6, 6.07) is 0. The third-order valence-electron chi connectivity index (χ3n) is 1.13. The first-order valence-electron chi connectivity index (χ1n) is 2.99. The molecule has 4 heteroatoms. The molecule has 0 rings (SSSR count). The van der Waals surface area contributed by atoms with Crippen LogP contribution in [0.1, 0.15) is 6.92 Å². The molecule has 0 aromatic rings. The Labute approximate surface area is 64.8 Å². The second-order valence-corrected chi connectivity index (χ2v) is 2.30. The van der Waals surface area contributed by atoms with Crippen LogP contribution in [-0.2, 0) is 9.53 Å². The van der Waals surface area contributed by atoms with Crippen molar-refractivity contribution in [2.75, 3.05) is 13.2 Å². The molecule has 0 aliphatic rings. The average molecular weight is 158 g/mol. The topological polar surface area (TPSA) is 66.8 Å². The maximum absolute atomic E-state index is 10.5. The lowest BCUT2D eigenvalue weighted by molar-refractivity contribution is -0.159. The zero-order chi connectivity index (χ0) is 8.91. The van der Waals surface area contributed by atoms with E-state index in [1.807, 2.05) is 0 Å². The Bertz CT molecular complexity index is 175. The highest BCUT2D eigenvalue weighted by atomic mass is 16.6. The Balaban J connectivity index is 4.10. The van der Waals surface area contributed by atoms with Gasteiger partial charge < -0.3 is 14.9 Å². The number of hydrogen-bond donors (Lipinski definition) is 2. The van der Waals surface area contributed by atoms with Crippen LogP contribution in [0.4, 0.5) is 0 Å². The van der Waals surface area contributed by atoms with Crippen LogP contribution in [0.25, 0.3) is 0 Å². The second-order valence-electron chi connectivity index (χ2n) is 2.30. The van der Waals surface area contributed by atoms with Gasteiger partial charge in [0.25, 0.3) is 0 Å². The molecule has 11 heavy (non-hydrogen) atoms. The van der Waals surface area contributed by atoms with Gasteiger partial charge in [0.2, 0.25) is 0 Å². The predicted molar refractivity (Wildman–Crippen MR) is 37.5 cm³/mol. The van der Waals surface area contributed by atoms with E-state index in [1.54, 1.807) is 5.92 Å². The summed E-state index contributed by atoms with van der Waals surface area (Å²) >= 11 is 0. The molecule has 0 atom stereocenters. The minimum atomic E-state index is -1.27. The molecule has 2 N–H and O–H groups in total. The molecule has 0 radical (unpaired) electrons. The summed E-state index contributed by atoms with van der Waals surface area (Å²) < 4.78 is 4.51. The van der Waals surface area contributed by atoms with Gasteiger partial charge in [0, 0.05) is 5.92 Å². The first-order valence-corrected chi connectivity index (χ1v) is 2.99. The summed E-state index contributed by atoms with van der Waals surface area (Å²) in [5, 5.41) is 17.2. The van der Waals surface area contributed by atoms with Crippen LogP contribution >= 0.6 is 0 Å². The summed E-state index contributed by atoms with van der Waals surface area (Å²) in [6.45, 7) is 0.454. The molecular formula is C7H10O4. The van der Waals surface area contributed by atoms with Crippen LogP contribution in [0.3, 0.4) is 0 Å². The number of esters is 1. The number of aliphatic hydroxyl groups excluding tert-OH is 2. The molecule has 0 aromatic carbocycles. The number of carbonyl (C=O) groups is 1. The number of hydrogen-bond acceptors (Lipinski definition) is 4. The van der Waals surface area contributed by atoms with Crippen molar-refractivity contribution in [2.24, 2.45) is 0 Å². The van der Waals surface area contributed by atoms with Crippen molar-refractivity contribution in [1.82, 2.24) is 0 Å². The summed E-state index contributed by atoms with van der Waals surface area (Å²) in [4.78, 5) is 10.5. The minimum Gasteiger partial charge on any atom is -0.445 e. The zero-order valence-electron chi connectivity index (χ0n) is 6.20. The van der Waals surface area contributed by atoms with Gasteiger partial charge >= 0.3 is 5.97 Å². The van der Waals surface area contributed by atoms with Gasteiger partial charge in [-0.15, -0.1) is 6.42 Å². The average Bonchev–Trinajstić information content (AvgIpc) is 2.04. The monoisotopic (exact) mass is 158 g/mol. The maximum Gasteiger partial charge on any atom is 0.384 e. The molecule has 0 aliphatic carbocycles. The number of rotatable bonds is 3. The predicted octanol–water partition coefficient (Wildman–Crippen LogP) is -1.09. The molecule has 0 saturated heterocycles. The van der Waals surface area contributed by atoms with E-state index in [2.05, 4.69) is 4.74 Å². The van der Waals surface area contributed by atoms with Crippen molar-refractivity contribution in [1.29, 1.82) is 0 Å². The van der Waals surface area contributed by atoms with Crippen molar-refractivity contribution >= 4 is 5.97 Å². The third kappa shape index (κ3) is 3.03. The lowest BCUT2D eigenvalue weighted by Gasteiger charge is -2.23. The van der Waals surface area contributed by atoms with E-state index in [1.165, 1.54) is 6.92 Å². The molecule has 0 fully saturated rings. The van der Waals surface area contributed by atoms with E-state index in [4.69, 9.17) is 16.6 Å². The van der Waals surface area contributed by atoms with E-state index in [0.717, 1.165) is 0 Å². The van der Waals surface area contributed by atoms with E-state index >= 15 is 0 Å². The van der Waals surface area contributed by atoms with E-state index < -0.39 is 24.8 Å². The Hall–Kier alpha value is -1.05. The van der Waals surface area contributed by atoms with Gasteiger partial charge in [-0.25, -0.2) is 4.79 Å². The molecule has 4 nitrogen and oxygen atoms in total. The van der Waals surface area contributed by atoms with Crippen molar-refractivity contribution in [2.45, 2.75) is 12.5 Å². The molecule has 0 aliphatic heterocycles. The largest absolute Gasteiger partial charge is 0.445 e. The summed E-state index contributed by atoms with van der Waals surface area (Å²) in [5.41, 5.74) is -1.27. The van der Waals surface area contributed by atoms with Crippen LogP contribution < -0.4 is 0 Å². The van der Waals surface area contributed by atoms with Gasteiger partial charge in [-0.05, 0) is 6.92 Å². The van der Waals surface area contributed by atoms with Crippen LogP contribution in [0.2, 0.25) is 0 Å². The fourth-order valence-electron chi connectivity index (χ4n) is 0.368. The first kappa shape index (κ1) is 9.95. The smallest absolute Gasteiger partial charge is 0.384 e. The highest BCUT2D eigenvalue weighted by Gasteiger charge is 2.26. The molecule has 0 heterocycles. The van der Waals surface area contributed by atoms with Crippen LogP contribution in [-0.4, -0.2) is 35.0 Å². The fourth-order valence-corrected chi connectivity index (χ4v) is 0.368. The SMILES string of the molecule is C#CC(=O)OC(C)(CO)CO. The van der Waals surface area contributed by atoms with Crippen LogP contribution in [0, 0.1) is 12.3 Å². The van der Waals surface area contributed by atoms with E-state index in [0.29, 0.717) is 0 Å². The summed E-state index contributed by atoms with van der Waals surface area (Å²) in [5.74, 6) is 0.813. The lowest BCUT2D eigenvalue weighted by atomic mass is 10.1. The van der Waals surface area contributed by atoms with Crippen molar-refractivity contribution < 1.29 is 19.7 Å². The Morgan fingerprint density at radius 2 is 2.09 bits per heavy atom. The van der Waals surface area contributed by atoms with Gasteiger partial charge in [-0.1, -0.05) is 0 Å². The van der Waals surface area contributed by atoms with Crippen LogP contribution in [0.5, 0.6) is 0 Å². The van der Waals surface area contributed by atoms with Crippen molar-refractivity contribution in [3.8, 4) is 12.3 Å². The molecule has 0 aromatic heterocycles. The van der Waals surface area contributed by atoms with E-state index in [9.17, 15) is 4.79 Å². The molecule has 0 amide bonds. The van der Waals surface area contributed by atoms with Gasteiger partial charge in [-0.2, -0.15) is 0 Å². The van der Waals surface area contributed by atoms with E-state index in [-0.39, 0.29) is 0 Å². The number of aliphatic hydroxyl groups is 2. The zero-order valence-corrected chi connectivity index (χ0v) is 6.20. The standard InChI is InChI=1S/C7H10O4/c1-3-6(10)11-7(2,4-8)5-9/h1,8-9H,4-5H2,2H3. The molecular weight excluding hydrogens is 148 g/mol. The third-order valence-corrected chi connectivity index (χ3v) is 1.13. The number of terminal acetylenes is 1. The van der Waals surface area contributed by atoms with Crippen molar-refractivity contribution in [3.05, 3.63) is 0 Å². The Morgan fingerprint density at radius 1 is 1.64 bits per heavy atom. The summed E-state index contributed by atoms with van der Waals surface area (Å²) in [7, 11) is 0. The lowest BCUT2D eigenvalue weighted by Crippen LogP contribution is -2.39. The molecule has 0 saturated carbocycles. The molecule has 0 spiro atoms. The fraction of sp³-hybridized carbons (Fsp3) is 0.571. The number of ether oxygens (including phenoxy) is 1. The number of carbonyl (C=O) groups excluding carboxylic acids is 1. The molecule has 0 unspecified atom stereocenters. The Kier molecular flexibility index (Phi) is 3.58. The first-order chi connectivity index (χ1) is 5.08. The van der Waals surface area contributed by atoms with Gasteiger partial charge in [0.15, 0.2) is 5.60 Å². The molecule has 62 valence electrons.